The average molecular weight is 303 g/mol. The summed E-state index contributed by atoms with van der Waals surface area (Å²) >= 11 is 5.33. The third-order valence-corrected chi connectivity index (χ3v) is 4.47. The van der Waals surface area contributed by atoms with Crippen molar-refractivity contribution in [1.29, 1.82) is 0 Å². The van der Waals surface area contributed by atoms with Crippen LogP contribution < -0.4 is 0 Å². The topological polar surface area (TPSA) is 20.2 Å². The Morgan fingerprint density at radius 3 is 2.56 bits per heavy atom. The van der Waals surface area contributed by atoms with Crippen molar-refractivity contribution < 1.29 is 5.11 Å². The van der Waals surface area contributed by atoms with E-state index in [2.05, 4.69) is 35.8 Å². The molecule has 1 aromatic rings. The molecular formula is C13H19BrOS. The molecule has 0 fully saturated rings. The molecule has 0 aromatic heterocycles. The number of aliphatic hydroxyl groups is 1. The first-order chi connectivity index (χ1) is 7.59. The van der Waals surface area contributed by atoms with Crippen molar-refractivity contribution in [2.24, 2.45) is 5.92 Å². The second kappa shape index (κ2) is 7.36. The lowest BCUT2D eigenvalue weighted by atomic mass is 10.1. The molecule has 0 saturated carbocycles. The Bertz CT molecular complexity index is 315. The Morgan fingerprint density at radius 1 is 1.25 bits per heavy atom. The van der Waals surface area contributed by atoms with Crippen LogP contribution in [-0.4, -0.2) is 22.7 Å². The smallest absolute Gasteiger partial charge is 0.0671 e. The molecule has 0 bridgehead atoms. The molecule has 0 aliphatic rings. The SMILES string of the molecule is CC(C)CSCC(O)Cc1ccccc1Br. The van der Waals surface area contributed by atoms with Gasteiger partial charge in [0.05, 0.1) is 6.10 Å². The molecule has 1 nitrogen and oxygen atoms in total. The van der Waals surface area contributed by atoms with E-state index in [1.165, 1.54) is 5.56 Å². The summed E-state index contributed by atoms with van der Waals surface area (Å²) in [5.74, 6) is 2.63. The summed E-state index contributed by atoms with van der Waals surface area (Å²) < 4.78 is 1.09. The number of thioether (sulfide) groups is 1. The molecule has 0 spiro atoms. The van der Waals surface area contributed by atoms with Gasteiger partial charge >= 0.3 is 0 Å². The van der Waals surface area contributed by atoms with Crippen molar-refractivity contribution in [3.05, 3.63) is 34.3 Å². The van der Waals surface area contributed by atoms with Crippen LogP contribution in [0.1, 0.15) is 19.4 Å². The maximum absolute atomic E-state index is 9.90. The second-order valence-corrected chi connectivity index (χ2v) is 6.31. The Hall–Kier alpha value is 0.01000. The quantitative estimate of drug-likeness (QED) is 0.864. The summed E-state index contributed by atoms with van der Waals surface area (Å²) in [5.41, 5.74) is 1.18. The van der Waals surface area contributed by atoms with Gasteiger partial charge in [0.25, 0.3) is 0 Å². The maximum Gasteiger partial charge on any atom is 0.0671 e. The zero-order valence-electron chi connectivity index (χ0n) is 9.82. The normalized spacial score (nSPS) is 13.1. The maximum atomic E-state index is 9.90. The zero-order valence-corrected chi connectivity index (χ0v) is 12.2. The van der Waals surface area contributed by atoms with Crippen molar-refractivity contribution in [2.75, 3.05) is 11.5 Å². The Morgan fingerprint density at radius 2 is 1.94 bits per heavy atom. The van der Waals surface area contributed by atoms with E-state index < -0.39 is 0 Å². The fourth-order valence-corrected chi connectivity index (χ4v) is 2.86. The summed E-state index contributed by atoms with van der Waals surface area (Å²) in [6, 6.07) is 8.07. The molecule has 90 valence electrons. The van der Waals surface area contributed by atoms with Gasteiger partial charge < -0.3 is 5.11 Å². The minimum absolute atomic E-state index is 0.248. The minimum Gasteiger partial charge on any atom is -0.392 e. The summed E-state index contributed by atoms with van der Waals surface area (Å²) in [7, 11) is 0. The van der Waals surface area contributed by atoms with E-state index >= 15 is 0 Å². The number of hydrogen-bond donors (Lipinski definition) is 1. The van der Waals surface area contributed by atoms with Gasteiger partial charge in [-0.2, -0.15) is 11.8 Å². The van der Waals surface area contributed by atoms with Crippen LogP contribution in [0.15, 0.2) is 28.7 Å². The Labute approximate surface area is 111 Å². The minimum atomic E-state index is -0.248. The van der Waals surface area contributed by atoms with E-state index in [4.69, 9.17) is 0 Å². The van der Waals surface area contributed by atoms with Gasteiger partial charge in [-0.15, -0.1) is 0 Å². The summed E-state index contributed by atoms with van der Waals surface area (Å²) in [6.07, 6.45) is 0.481. The lowest BCUT2D eigenvalue weighted by Gasteiger charge is -2.12. The molecular weight excluding hydrogens is 284 g/mol. The van der Waals surface area contributed by atoms with Crippen molar-refractivity contribution in [3.8, 4) is 0 Å². The lowest BCUT2D eigenvalue weighted by molar-refractivity contribution is 0.200. The van der Waals surface area contributed by atoms with Gasteiger partial charge in [-0.1, -0.05) is 48.0 Å². The first-order valence-electron chi connectivity index (χ1n) is 5.58. The van der Waals surface area contributed by atoms with Crippen LogP contribution in [0, 0.1) is 5.92 Å². The predicted octanol–water partition coefficient (Wildman–Crippen LogP) is 3.74. The van der Waals surface area contributed by atoms with Crippen molar-refractivity contribution >= 4 is 27.7 Å². The molecule has 1 rings (SSSR count). The van der Waals surface area contributed by atoms with E-state index in [0.29, 0.717) is 5.92 Å². The lowest BCUT2D eigenvalue weighted by Crippen LogP contribution is -2.14. The monoisotopic (exact) mass is 302 g/mol. The molecule has 1 unspecified atom stereocenters. The van der Waals surface area contributed by atoms with Crippen molar-refractivity contribution in [1.82, 2.24) is 0 Å². The number of benzene rings is 1. The van der Waals surface area contributed by atoms with Gasteiger partial charge in [-0.3, -0.25) is 0 Å². The molecule has 3 heteroatoms. The van der Waals surface area contributed by atoms with Crippen LogP contribution in [0.3, 0.4) is 0 Å². The number of rotatable bonds is 6. The fourth-order valence-electron chi connectivity index (χ4n) is 1.42. The van der Waals surface area contributed by atoms with Crippen LogP contribution in [0.25, 0.3) is 0 Å². The molecule has 1 atom stereocenters. The van der Waals surface area contributed by atoms with E-state index in [1.807, 2.05) is 30.0 Å². The van der Waals surface area contributed by atoms with E-state index in [9.17, 15) is 5.11 Å². The molecule has 0 saturated heterocycles. The summed E-state index contributed by atoms with van der Waals surface area (Å²) in [5, 5.41) is 9.90. The largest absolute Gasteiger partial charge is 0.392 e. The molecule has 0 aliphatic carbocycles. The van der Waals surface area contributed by atoms with Gasteiger partial charge in [0.1, 0.15) is 0 Å². The Balaban J connectivity index is 2.34. The first-order valence-corrected chi connectivity index (χ1v) is 7.53. The third-order valence-electron chi connectivity index (χ3n) is 2.17. The summed E-state index contributed by atoms with van der Waals surface area (Å²) in [6.45, 7) is 4.40. The molecule has 0 radical (unpaired) electrons. The average Bonchev–Trinajstić information content (AvgIpc) is 2.21. The molecule has 0 amide bonds. The number of halogens is 1. The highest BCUT2D eigenvalue weighted by Crippen LogP contribution is 2.19. The molecule has 0 heterocycles. The zero-order chi connectivity index (χ0) is 12.0. The summed E-state index contributed by atoms with van der Waals surface area (Å²) in [4.78, 5) is 0. The van der Waals surface area contributed by atoms with Crippen molar-refractivity contribution in [2.45, 2.75) is 26.4 Å². The van der Waals surface area contributed by atoms with Crippen molar-refractivity contribution in [3.63, 3.8) is 0 Å². The number of hydrogen-bond acceptors (Lipinski definition) is 2. The molecule has 0 aliphatic heterocycles. The van der Waals surface area contributed by atoms with E-state index in [0.717, 1.165) is 22.4 Å². The molecule has 16 heavy (non-hydrogen) atoms. The fraction of sp³-hybridized carbons (Fsp3) is 0.538. The van der Waals surface area contributed by atoms with Crippen LogP contribution in [0.4, 0.5) is 0 Å². The third kappa shape index (κ3) is 5.37. The highest BCUT2D eigenvalue weighted by molar-refractivity contribution is 9.10. The standard InChI is InChI=1S/C13H19BrOS/c1-10(2)8-16-9-12(15)7-11-5-3-4-6-13(11)14/h3-6,10,12,15H,7-9H2,1-2H3. The van der Waals surface area contributed by atoms with Crippen LogP contribution in [0.5, 0.6) is 0 Å². The van der Waals surface area contributed by atoms with Crippen LogP contribution in [0.2, 0.25) is 0 Å². The predicted molar refractivity (Wildman–Crippen MR) is 76.0 cm³/mol. The van der Waals surface area contributed by atoms with Crippen LogP contribution in [-0.2, 0) is 6.42 Å². The van der Waals surface area contributed by atoms with Gasteiger partial charge in [-0.25, -0.2) is 0 Å². The van der Waals surface area contributed by atoms with Crippen LogP contribution >= 0.6 is 27.7 Å². The first kappa shape index (κ1) is 14.1. The molecule has 1 aromatic carbocycles. The van der Waals surface area contributed by atoms with Gasteiger partial charge in [0, 0.05) is 16.6 Å². The second-order valence-electron chi connectivity index (χ2n) is 4.38. The highest BCUT2D eigenvalue weighted by Gasteiger charge is 2.08. The van der Waals surface area contributed by atoms with E-state index in [1.54, 1.807) is 0 Å². The van der Waals surface area contributed by atoms with Gasteiger partial charge in [0.2, 0.25) is 0 Å². The van der Waals surface area contributed by atoms with Gasteiger partial charge in [0.15, 0.2) is 0 Å². The molecule has 1 N–H and O–H groups in total. The van der Waals surface area contributed by atoms with E-state index in [-0.39, 0.29) is 6.10 Å². The Kier molecular flexibility index (Phi) is 6.47. The highest BCUT2D eigenvalue weighted by atomic mass is 79.9. The number of aliphatic hydroxyl groups excluding tert-OH is 1. The van der Waals surface area contributed by atoms with Gasteiger partial charge in [-0.05, 0) is 23.3 Å².